The minimum Gasteiger partial charge on any atom is -0.428 e. The van der Waals surface area contributed by atoms with Gasteiger partial charge in [-0.1, -0.05) is 30.3 Å². The summed E-state index contributed by atoms with van der Waals surface area (Å²) in [6.07, 6.45) is -0.958. The van der Waals surface area contributed by atoms with Crippen molar-refractivity contribution >= 4 is 17.9 Å². The molecule has 0 spiro atoms. The fourth-order valence-electron chi connectivity index (χ4n) is 2.16. The first-order chi connectivity index (χ1) is 12.2. The van der Waals surface area contributed by atoms with E-state index in [9.17, 15) is 14.4 Å². The standard InChI is InChI=1S/C19H18O7/c1-19(2,3)25-18(22)24-15-11-7-6-10-14(15)16(20)12-8-4-5-9-13(12)17(21)26-23/h4-11,23H,1-3H3. The van der Waals surface area contributed by atoms with Gasteiger partial charge in [0.05, 0.1) is 11.1 Å². The van der Waals surface area contributed by atoms with Gasteiger partial charge in [0.15, 0.2) is 5.78 Å². The number of ether oxygens (including phenoxy) is 2. The fourth-order valence-corrected chi connectivity index (χ4v) is 2.16. The molecule has 0 fully saturated rings. The van der Waals surface area contributed by atoms with Gasteiger partial charge in [0.25, 0.3) is 0 Å². The Morgan fingerprint density at radius 3 is 1.96 bits per heavy atom. The molecule has 0 atom stereocenters. The zero-order chi connectivity index (χ0) is 19.3. The van der Waals surface area contributed by atoms with Crippen LogP contribution in [0.3, 0.4) is 0 Å². The van der Waals surface area contributed by atoms with E-state index in [0.29, 0.717) is 0 Å². The van der Waals surface area contributed by atoms with Gasteiger partial charge in [-0.25, -0.2) is 9.59 Å². The molecule has 0 aliphatic rings. The van der Waals surface area contributed by atoms with Gasteiger partial charge in [-0.15, -0.1) is 0 Å². The smallest absolute Gasteiger partial charge is 0.428 e. The van der Waals surface area contributed by atoms with Gasteiger partial charge < -0.3 is 9.47 Å². The molecular formula is C19H18O7. The molecule has 7 heteroatoms. The molecular weight excluding hydrogens is 340 g/mol. The Labute approximate surface area is 150 Å². The lowest BCUT2D eigenvalue weighted by molar-refractivity contribution is -0.182. The Morgan fingerprint density at radius 2 is 1.38 bits per heavy atom. The Hall–Kier alpha value is -3.19. The third-order valence-corrected chi connectivity index (χ3v) is 3.19. The predicted molar refractivity (Wildman–Crippen MR) is 91.2 cm³/mol. The Balaban J connectivity index is 2.37. The van der Waals surface area contributed by atoms with Crippen LogP contribution < -0.4 is 4.74 Å². The number of rotatable bonds is 4. The molecule has 0 radical (unpaired) electrons. The van der Waals surface area contributed by atoms with E-state index in [1.165, 1.54) is 30.3 Å². The maximum absolute atomic E-state index is 12.9. The fraction of sp³-hybridized carbons (Fsp3) is 0.211. The van der Waals surface area contributed by atoms with E-state index in [1.54, 1.807) is 39.0 Å². The minimum atomic E-state index is -1.07. The van der Waals surface area contributed by atoms with Crippen LogP contribution in [0.4, 0.5) is 4.79 Å². The topological polar surface area (TPSA) is 99.1 Å². The van der Waals surface area contributed by atoms with E-state index < -0.39 is 23.5 Å². The van der Waals surface area contributed by atoms with Gasteiger partial charge in [0.2, 0.25) is 0 Å². The van der Waals surface area contributed by atoms with Crippen molar-refractivity contribution in [3.8, 4) is 5.75 Å². The summed E-state index contributed by atoms with van der Waals surface area (Å²) in [5.74, 6) is -1.66. The average molecular weight is 358 g/mol. The van der Waals surface area contributed by atoms with Crippen molar-refractivity contribution in [3.63, 3.8) is 0 Å². The number of hydrogen-bond acceptors (Lipinski definition) is 7. The normalized spacial score (nSPS) is 10.8. The van der Waals surface area contributed by atoms with Crippen LogP contribution >= 0.6 is 0 Å². The molecule has 1 N–H and O–H groups in total. The Kier molecular flexibility index (Phi) is 5.74. The van der Waals surface area contributed by atoms with Gasteiger partial charge >= 0.3 is 12.1 Å². The van der Waals surface area contributed by atoms with E-state index in [0.717, 1.165) is 0 Å². The second-order valence-corrected chi connectivity index (χ2v) is 6.32. The van der Waals surface area contributed by atoms with E-state index >= 15 is 0 Å². The van der Waals surface area contributed by atoms with Gasteiger partial charge in [0, 0.05) is 5.56 Å². The molecule has 7 nitrogen and oxygen atoms in total. The maximum Gasteiger partial charge on any atom is 0.514 e. The molecule has 0 bridgehead atoms. The molecule has 0 amide bonds. The highest BCUT2D eigenvalue weighted by Gasteiger charge is 2.24. The molecule has 2 aromatic carbocycles. The molecule has 0 aliphatic carbocycles. The summed E-state index contributed by atoms with van der Waals surface area (Å²) < 4.78 is 10.2. The van der Waals surface area contributed by atoms with E-state index in [4.69, 9.17) is 14.7 Å². The van der Waals surface area contributed by atoms with Crippen molar-refractivity contribution < 1.29 is 34.0 Å². The van der Waals surface area contributed by atoms with Crippen LogP contribution in [0.2, 0.25) is 0 Å². The number of para-hydroxylation sites is 1. The summed E-state index contributed by atoms with van der Waals surface area (Å²) in [4.78, 5) is 40.1. The minimum absolute atomic E-state index is 0.00760. The lowest BCUT2D eigenvalue weighted by atomic mass is 9.98. The number of ketones is 1. The first kappa shape index (κ1) is 19.1. The van der Waals surface area contributed by atoms with Crippen molar-refractivity contribution in [2.75, 3.05) is 0 Å². The van der Waals surface area contributed by atoms with Crippen molar-refractivity contribution in [2.45, 2.75) is 26.4 Å². The summed E-state index contributed by atoms with van der Waals surface area (Å²) in [6, 6.07) is 11.9. The third kappa shape index (κ3) is 4.67. The highest BCUT2D eigenvalue weighted by atomic mass is 17.1. The van der Waals surface area contributed by atoms with Crippen LogP contribution in [0.1, 0.15) is 47.1 Å². The van der Waals surface area contributed by atoms with Gasteiger partial charge in [-0.05, 0) is 39.0 Å². The summed E-state index contributed by atoms with van der Waals surface area (Å²) >= 11 is 0. The van der Waals surface area contributed by atoms with Crippen molar-refractivity contribution in [3.05, 3.63) is 65.2 Å². The lowest BCUT2D eigenvalue weighted by Crippen LogP contribution is -2.26. The number of benzene rings is 2. The zero-order valence-electron chi connectivity index (χ0n) is 14.5. The molecule has 2 aromatic rings. The van der Waals surface area contributed by atoms with Gasteiger partial charge in [0.1, 0.15) is 11.4 Å². The summed E-state index contributed by atoms with van der Waals surface area (Å²) in [5, 5.41) is 8.60. The van der Waals surface area contributed by atoms with Crippen LogP contribution in [0.15, 0.2) is 48.5 Å². The van der Waals surface area contributed by atoms with E-state index in [1.807, 2.05) is 0 Å². The Bertz CT molecular complexity index is 834. The van der Waals surface area contributed by atoms with Crippen molar-refractivity contribution in [1.82, 2.24) is 0 Å². The second kappa shape index (κ2) is 7.79. The number of carbonyl (C=O) groups is 3. The third-order valence-electron chi connectivity index (χ3n) is 3.19. The summed E-state index contributed by atoms with van der Waals surface area (Å²) in [6.45, 7) is 5.05. The Morgan fingerprint density at radius 1 is 0.846 bits per heavy atom. The van der Waals surface area contributed by atoms with Gasteiger partial charge in [-0.2, -0.15) is 5.26 Å². The van der Waals surface area contributed by atoms with Gasteiger partial charge in [-0.3, -0.25) is 9.68 Å². The molecule has 0 heterocycles. The molecule has 2 rings (SSSR count). The molecule has 26 heavy (non-hydrogen) atoms. The molecule has 0 saturated carbocycles. The zero-order valence-corrected chi connectivity index (χ0v) is 14.5. The maximum atomic E-state index is 12.9. The highest BCUT2D eigenvalue weighted by Crippen LogP contribution is 2.24. The van der Waals surface area contributed by atoms with Crippen LogP contribution in [0.5, 0.6) is 5.75 Å². The van der Waals surface area contributed by atoms with Crippen molar-refractivity contribution in [1.29, 1.82) is 0 Å². The molecule has 0 unspecified atom stereocenters. The molecule has 136 valence electrons. The molecule has 0 aliphatic heterocycles. The monoisotopic (exact) mass is 358 g/mol. The second-order valence-electron chi connectivity index (χ2n) is 6.32. The molecule has 0 saturated heterocycles. The summed E-state index contributed by atoms with van der Waals surface area (Å²) in [7, 11) is 0. The highest BCUT2D eigenvalue weighted by molar-refractivity contribution is 6.15. The van der Waals surface area contributed by atoms with Crippen LogP contribution in [-0.4, -0.2) is 28.8 Å². The molecule has 0 aromatic heterocycles. The van der Waals surface area contributed by atoms with Crippen LogP contribution in [-0.2, 0) is 9.62 Å². The lowest BCUT2D eigenvalue weighted by Gasteiger charge is -2.19. The first-order valence-corrected chi connectivity index (χ1v) is 7.72. The van der Waals surface area contributed by atoms with Crippen LogP contribution in [0, 0.1) is 0 Å². The predicted octanol–water partition coefficient (Wildman–Crippen LogP) is 3.86. The summed E-state index contributed by atoms with van der Waals surface area (Å²) in [5.41, 5.74) is -0.830. The largest absolute Gasteiger partial charge is 0.514 e. The quantitative estimate of drug-likeness (QED) is 0.291. The van der Waals surface area contributed by atoms with Crippen molar-refractivity contribution in [2.24, 2.45) is 0 Å². The average Bonchev–Trinajstić information content (AvgIpc) is 2.59. The van der Waals surface area contributed by atoms with E-state index in [-0.39, 0.29) is 22.4 Å². The van der Waals surface area contributed by atoms with E-state index in [2.05, 4.69) is 4.89 Å². The first-order valence-electron chi connectivity index (χ1n) is 7.72. The number of hydrogen-bond donors (Lipinski definition) is 1. The number of carbonyl (C=O) groups excluding carboxylic acids is 3. The SMILES string of the molecule is CC(C)(C)OC(=O)Oc1ccccc1C(=O)c1ccccc1C(=O)OO. The van der Waals surface area contributed by atoms with Crippen LogP contribution in [0.25, 0.3) is 0 Å².